The van der Waals surface area contributed by atoms with Crippen LogP contribution >= 0.6 is 0 Å². The Morgan fingerprint density at radius 1 is 1.32 bits per heavy atom. The largest absolute Gasteiger partial charge is 0.341 e. The molecule has 0 unspecified atom stereocenters. The molecule has 2 N–H and O–H groups in total. The lowest BCUT2D eigenvalue weighted by Crippen LogP contribution is -2.48. The van der Waals surface area contributed by atoms with Crippen molar-refractivity contribution in [1.82, 2.24) is 5.32 Å². The van der Waals surface area contributed by atoms with Crippen LogP contribution in [0.4, 0.5) is 14.5 Å². The molecule has 1 aromatic carbocycles. The number of rotatable bonds is 4. The second-order valence-electron chi connectivity index (χ2n) is 4.15. The summed E-state index contributed by atoms with van der Waals surface area (Å²) in [5.41, 5.74) is -0.111. The summed E-state index contributed by atoms with van der Waals surface area (Å²) in [5.74, 6) is -4.16. The van der Waals surface area contributed by atoms with Crippen LogP contribution < -0.4 is 10.6 Å². The molecule has 1 saturated heterocycles. The van der Waals surface area contributed by atoms with Gasteiger partial charge >= 0.3 is 5.76 Å². The summed E-state index contributed by atoms with van der Waals surface area (Å²) in [5, 5.41) is 5.27. The van der Waals surface area contributed by atoms with Crippen molar-refractivity contribution in [1.29, 1.82) is 0 Å². The van der Waals surface area contributed by atoms with Crippen LogP contribution in [-0.2, 0) is 14.6 Å². The van der Waals surface area contributed by atoms with E-state index in [9.17, 15) is 22.0 Å². The van der Waals surface area contributed by atoms with Gasteiger partial charge in [0.05, 0.1) is 16.5 Å². The fraction of sp³-hybridized carbons (Fsp3) is 0.364. The van der Waals surface area contributed by atoms with E-state index in [0.29, 0.717) is 13.1 Å². The maximum Gasteiger partial charge on any atom is 0.341 e. The van der Waals surface area contributed by atoms with Crippen molar-refractivity contribution in [3.05, 3.63) is 24.3 Å². The van der Waals surface area contributed by atoms with Crippen LogP contribution in [0.15, 0.2) is 29.2 Å². The number of alkyl halides is 2. The van der Waals surface area contributed by atoms with Crippen molar-refractivity contribution in [2.24, 2.45) is 5.92 Å². The molecule has 1 aromatic rings. The third-order valence-electron chi connectivity index (χ3n) is 2.84. The quantitative estimate of drug-likeness (QED) is 0.861. The summed E-state index contributed by atoms with van der Waals surface area (Å²) in [6, 6.07) is 5.14. The van der Waals surface area contributed by atoms with E-state index >= 15 is 0 Å². The Labute approximate surface area is 108 Å². The second-order valence-corrected chi connectivity index (χ2v) is 6.03. The third-order valence-corrected chi connectivity index (χ3v) is 4.28. The number of carbonyl (C=O) groups excluding carboxylic acids is 1. The minimum Gasteiger partial charge on any atom is -0.325 e. The molecule has 104 valence electrons. The van der Waals surface area contributed by atoms with E-state index in [0.717, 1.165) is 6.07 Å². The summed E-state index contributed by atoms with van der Waals surface area (Å²) >= 11 is 0. The summed E-state index contributed by atoms with van der Waals surface area (Å²) in [7, 11) is -4.73. The number of amides is 1. The Balaban J connectivity index is 2.28. The summed E-state index contributed by atoms with van der Waals surface area (Å²) < 4.78 is 48.0. The molecule has 0 spiro atoms. The van der Waals surface area contributed by atoms with Gasteiger partial charge in [-0.3, -0.25) is 4.79 Å². The van der Waals surface area contributed by atoms with Gasteiger partial charge in [0.1, 0.15) is 0 Å². The maximum absolute atomic E-state index is 12.5. The first-order valence-electron chi connectivity index (χ1n) is 5.55. The number of sulfone groups is 1. The number of carbonyl (C=O) groups is 1. The first kappa shape index (κ1) is 13.9. The van der Waals surface area contributed by atoms with E-state index in [1.54, 1.807) is 0 Å². The van der Waals surface area contributed by atoms with E-state index in [4.69, 9.17) is 0 Å². The topological polar surface area (TPSA) is 75.3 Å². The second kappa shape index (κ2) is 5.22. The van der Waals surface area contributed by atoms with Crippen molar-refractivity contribution in [3.8, 4) is 0 Å². The SMILES string of the molecule is O=C(Nc1ccccc1S(=O)(=O)C(F)F)C1CNC1. The monoisotopic (exact) mass is 290 g/mol. The van der Waals surface area contributed by atoms with Gasteiger partial charge in [-0.2, -0.15) is 8.78 Å². The molecule has 19 heavy (non-hydrogen) atoms. The highest BCUT2D eigenvalue weighted by molar-refractivity contribution is 7.91. The molecule has 1 aliphatic rings. The highest BCUT2D eigenvalue weighted by Crippen LogP contribution is 2.26. The van der Waals surface area contributed by atoms with Crippen LogP contribution in [0.1, 0.15) is 0 Å². The van der Waals surface area contributed by atoms with Crippen molar-refractivity contribution in [3.63, 3.8) is 0 Å². The number of hydrogen-bond donors (Lipinski definition) is 2. The molecular formula is C11H12F2N2O3S. The van der Waals surface area contributed by atoms with E-state index in [2.05, 4.69) is 10.6 Å². The fourth-order valence-electron chi connectivity index (χ4n) is 1.62. The first-order valence-corrected chi connectivity index (χ1v) is 7.10. The van der Waals surface area contributed by atoms with Crippen molar-refractivity contribution in [2.45, 2.75) is 10.7 Å². The molecule has 0 radical (unpaired) electrons. The molecule has 0 bridgehead atoms. The predicted molar refractivity (Wildman–Crippen MR) is 64.6 cm³/mol. The number of nitrogens with one attached hydrogen (secondary N) is 2. The summed E-state index contributed by atoms with van der Waals surface area (Å²) in [6.07, 6.45) is 0. The van der Waals surface area contributed by atoms with Crippen LogP contribution in [0.3, 0.4) is 0 Å². The molecular weight excluding hydrogens is 278 g/mol. The zero-order chi connectivity index (χ0) is 14.0. The summed E-state index contributed by atoms with van der Waals surface area (Å²) in [6.45, 7) is 0.991. The number of halogens is 2. The molecule has 5 nitrogen and oxygen atoms in total. The Morgan fingerprint density at radius 3 is 2.47 bits per heavy atom. The Bertz CT molecular complexity index is 585. The van der Waals surface area contributed by atoms with Gasteiger partial charge in [-0.25, -0.2) is 8.42 Å². The lowest BCUT2D eigenvalue weighted by molar-refractivity contribution is -0.121. The highest BCUT2D eigenvalue weighted by Gasteiger charge is 2.31. The van der Waals surface area contributed by atoms with Gasteiger partial charge in [-0.1, -0.05) is 12.1 Å². The van der Waals surface area contributed by atoms with Gasteiger partial charge in [0.25, 0.3) is 0 Å². The zero-order valence-corrected chi connectivity index (χ0v) is 10.6. The normalized spacial score (nSPS) is 16.2. The summed E-state index contributed by atoms with van der Waals surface area (Å²) in [4.78, 5) is 11.1. The van der Waals surface area contributed by atoms with E-state index in [1.807, 2.05) is 0 Å². The van der Waals surface area contributed by atoms with Gasteiger partial charge in [0.2, 0.25) is 15.7 Å². The highest BCUT2D eigenvalue weighted by atomic mass is 32.2. The first-order chi connectivity index (χ1) is 8.93. The van der Waals surface area contributed by atoms with E-state index in [1.165, 1.54) is 18.2 Å². The molecule has 1 amide bonds. The lowest BCUT2D eigenvalue weighted by Gasteiger charge is -2.26. The van der Waals surface area contributed by atoms with E-state index < -0.39 is 20.5 Å². The molecule has 1 fully saturated rings. The van der Waals surface area contributed by atoms with Gasteiger partial charge in [0.15, 0.2) is 0 Å². The molecule has 1 aliphatic heterocycles. The third kappa shape index (κ3) is 2.74. The smallest absolute Gasteiger partial charge is 0.325 e. The average Bonchev–Trinajstić information content (AvgIpc) is 2.26. The Hall–Kier alpha value is -1.54. The van der Waals surface area contributed by atoms with Gasteiger partial charge in [-0.15, -0.1) is 0 Å². The molecule has 0 atom stereocenters. The molecule has 0 aliphatic carbocycles. The minimum absolute atomic E-state index is 0.111. The van der Waals surface area contributed by atoms with Crippen molar-refractivity contribution in [2.75, 3.05) is 18.4 Å². The minimum atomic E-state index is -4.73. The van der Waals surface area contributed by atoms with Crippen molar-refractivity contribution < 1.29 is 22.0 Å². The Morgan fingerprint density at radius 2 is 1.95 bits per heavy atom. The van der Waals surface area contributed by atoms with Gasteiger partial charge in [0, 0.05) is 13.1 Å². The Kier molecular flexibility index (Phi) is 3.81. The average molecular weight is 290 g/mol. The van der Waals surface area contributed by atoms with Crippen LogP contribution in [-0.4, -0.2) is 33.2 Å². The van der Waals surface area contributed by atoms with Crippen molar-refractivity contribution >= 4 is 21.4 Å². The molecule has 0 saturated carbocycles. The number of benzene rings is 1. The molecule has 0 aromatic heterocycles. The molecule has 8 heteroatoms. The number of hydrogen-bond acceptors (Lipinski definition) is 4. The molecule has 1 heterocycles. The number of para-hydroxylation sites is 1. The van der Waals surface area contributed by atoms with E-state index in [-0.39, 0.29) is 17.5 Å². The van der Waals surface area contributed by atoms with Crippen LogP contribution in [0, 0.1) is 5.92 Å². The van der Waals surface area contributed by atoms with Crippen LogP contribution in [0.5, 0.6) is 0 Å². The van der Waals surface area contributed by atoms with Crippen LogP contribution in [0.2, 0.25) is 0 Å². The lowest BCUT2D eigenvalue weighted by atomic mass is 10.0. The standard InChI is InChI=1S/C11H12F2N2O3S/c12-11(13)19(17,18)9-4-2-1-3-8(9)15-10(16)7-5-14-6-7/h1-4,7,11,14H,5-6H2,(H,15,16). The maximum atomic E-state index is 12.5. The van der Waals surface area contributed by atoms with Crippen LogP contribution in [0.25, 0.3) is 0 Å². The fourth-order valence-corrected chi connectivity index (χ4v) is 2.51. The molecule has 2 rings (SSSR count). The van der Waals surface area contributed by atoms with Gasteiger partial charge in [-0.05, 0) is 12.1 Å². The zero-order valence-electron chi connectivity index (χ0n) is 9.77. The van der Waals surface area contributed by atoms with Gasteiger partial charge < -0.3 is 10.6 Å². The number of anilines is 1. The predicted octanol–water partition coefficient (Wildman–Crippen LogP) is 0.841.